The van der Waals surface area contributed by atoms with Crippen molar-refractivity contribution in [2.24, 2.45) is 0 Å². The number of rotatable bonds is 1. The summed E-state index contributed by atoms with van der Waals surface area (Å²) in [4.78, 5) is 0. The van der Waals surface area contributed by atoms with E-state index in [-0.39, 0.29) is 5.41 Å². The maximum atomic E-state index is 2.49. The molecule has 0 aliphatic carbocycles. The standard InChI is InChI=1S/C21H23N/c1-6-18-13(2)16-11-14(21(3,4)5)12-17-15-9-7-8-10-19(15)22(18)20(16)17/h7-12H,6H2,1-5H3. The largest absolute Gasteiger partial charge is 0.312 e. The lowest BCUT2D eigenvalue weighted by Crippen LogP contribution is -2.10. The molecule has 0 radical (unpaired) electrons. The first-order valence-corrected chi connectivity index (χ1v) is 8.21. The molecule has 2 heterocycles. The zero-order chi connectivity index (χ0) is 15.6. The average molecular weight is 289 g/mol. The van der Waals surface area contributed by atoms with Gasteiger partial charge in [0.05, 0.1) is 11.0 Å². The van der Waals surface area contributed by atoms with Crippen molar-refractivity contribution in [3.05, 3.63) is 53.2 Å². The zero-order valence-corrected chi connectivity index (χ0v) is 14.1. The van der Waals surface area contributed by atoms with Crippen LogP contribution in [-0.2, 0) is 11.8 Å². The Morgan fingerprint density at radius 1 is 0.955 bits per heavy atom. The van der Waals surface area contributed by atoms with E-state index in [1.165, 1.54) is 44.0 Å². The highest BCUT2D eigenvalue weighted by Crippen LogP contribution is 2.40. The minimum atomic E-state index is 0.170. The van der Waals surface area contributed by atoms with Crippen molar-refractivity contribution < 1.29 is 0 Å². The van der Waals surface area contributed by atoms with E-state index in [0.29, 0.717) is 0 Å². The van der Waals surface area contributed by atoms with Crippen LogP contribution in [-0.4, -0.2) is 4.40 Å². The summed E-state index contributed by atoms with van der Waals surface area (Å²) < 4.78 is 2.49. The van der Waals surface area contributed by atoms with E-state index < -0.39 is 0 Å². The van der Waals surface area contributed by atoms with Crippen LogP contribution < -0.4 is 0 Å². The van der Waals surface area contributed by atoms with E-state index in [9.17, 15) is 0 Å². The van der Waals surface area contributed by atoms with Crippen LogP contribution in [0.2, 0.25) is 0 Å². The summed E-state index contributed by atoms with van der Waals surface area (Å²) >= 11 is 0. The second-order valence-corrected chi connectivity index (χ2v) is 7.45. The Labute approximate surface area is 131 Å². The molecule has 0 bridgehead atoms. The normalized spacial score (nSPS) is 13.0. The summed E-state index contributed by atoms with van der Waals surface area (Å²) in [5.41, 5.74) is 7.24. The molecule has 22 heavy (non-hydrogen) atoms. The van der Waals surface area contributed by atoms with Crippen LogP contribution >= 0.6 is 0 Å². The van der Waals surface area contributed by atoms with Crippen molar-refractivity contribution in [2.45, 2.75) is 46.5 Å². The van der Waals surface area contributed by atoms with Crippen molar-refractivity contribution in [1.29, 1.82) is 0 Å². The van der Waals surface area contributed by atoms with Crippen LogP contribution in [0.5, 0.6) is 0 Å². The monoisotopic (exact) mass is 289 g/mol. The summed E-state index contributed by atoms with van der Waals surface area (Å²) in [6, 6.07) is 13.6. The molecule has 0 saturated heterocycles. The first-order valence-electron chi connectivity index (χ1n) is 8.21. The van der Waals surface area contributed by atoms with E-state index in [4.69, 9.17) is 0 Å². The number of hydrogen-bond donors (Lipinski definition) is 0. The fraction of sp³-hybridized carbons (Fsp3) is 0.333. The topological polar surface area (TPSA) is 4.41 Å². The third-order valence-electron chi connectivity index (χ3n) is 5.08. The molecule has 0 fully saturated rings. The van der Waals surface area contributed by atoms with Gasteiger partial charge in [-0.3, -0.25) is 0 Å². The molecule has 0 aliphatic rings. The molecular formula is C21H23N. The lowest BCUT2D eigenvalue weighted by atomic mass is 9.85. The number of fused-ring (bicyclic) bond motifs is 3. The highest BCUT2D eigenvalue weighted by atomic mass is 14.9. The minimum absolute atomic E-state index is 0.170. The lowest BCUT2D eigenvalue weighted by molar-refractivity contribution is 0.592. The molecule has 0 aliphatic heterocycles. The number of hydrogen-bond acceptors (Lipinski definition) is 0. The van der Waals surface area contributed by atoms with Gasteiger partial charge in [-0.1, -0.05) is 45.9 Å². The number of aromatic nitrogens is 1. The van der Waals surface area contributed by atoms with Crippen molar-refractivity contribution >= 4 is 27.2 Å². The lowest BCUT2D eigenvalue weighted by Gasteiger charge is -2.19. The molecule has 4 aromatic rings. The molecule has 4 rings (SSSR count). The Kier molecular flexibility index (Phi) is 2.64. The maximum Gasteiger partial charge on any atom is 0.0613 e. The summed E-state index contributed by atoms with van der Waals surface area (Å²) in [6.45, 7) is 11.4. The average Bonchev–Trinajstić information content (AvgIpc) is 2.96. The van der Waals surface area contributed by atoms with Gasteiger partial charge < -0.3 is 4.40 Å². The Bertz CT molecular complexity index is 996. The Hall–Kier alpha value is -2.02. The second kappa shape index (κ2) is 4.25. The van der Waals surface area contributed by atoms with Crippen LogP contribution in [0.15, 0.2) is 36.4 Å². The molecule has 0 N–H and O–H groups in total. The predicted molar refractivity (Wildman–Crippen MR) is 96.4 cm³/mol. The summed E-state index contributed by atoms with van der Waals surface area (Å²) in [7, 11) is 0. The summed E-state index contributed by atoms with van der Waals surface area (Å²) in [6.07, 6.45) is 1.07. The van der Waals surface area contributed by atoms with Gasteiger partial charge in [0.1, 0.15) is 0 Å². The van der Waals surface area contributed by atoms with Gasteiger partial charge in [0.15, 0.2) is 0 Å². The van der Waals surface area contributed by atoms with Gasteiger partial charge in [0.25, 0.3) is 0 Å². The molecule has 0 saturated carbocycles. The van der Waals surface area contributed by atoms with Crippen LogP contribution in [0, 0.1) is 6.92 Å². The van der Waals surface area contributed by atoms with E-state index in [2.05, 4.69) is 75.4 Å². The fourth-order valence-electron chi connectivity index (χ4n) is 3.84. The van der Waals surface area contributed by atoms with Crippen molar-refractivity contribution in [2.75, 3.05) is 0 Å². The molecule has 1 heteroatoms. The minimum Gasteiger partial charge on any atom is -0.312 e. The highest BCUT2D eigenvalue weighted by Gasteiger charge is 2.22. The third kappa shape index (κ3) is 1.60. The number of nitrogens with zero attached hydrogens (tertiary/aromatic N) is 1. The van der Waals surface area contributed by atoms with Crippen LogP contribution in [0.3, 0.4) is 0 Å². The molecule has 0 atom stereocenters. The Morgan fingerprint density at radius 2 is 1.64 bits per heavy atom. The number of benzene rings is 2. The van der Waals surface area contributed by atoms with Gasteiger partial charge in [-0.25, -0.2) is 0 Å². The van der Waals surface area contributed by atoms with Crippen LogP contribution in [0.1, 0.15) is 44.5 Å². The smallest absolute Gasteiger partial charge is 0.0613 e. The molecular weight excluding hydrogens is 266 g/mol. The SMILES string of the molecule is CCc1c(C)c2cc(C(C)(C)C)cc3c4ccccc4n1c23. The first kappa shape index (κ1) is 13.6. The van der Waals surface area contributed by atoms with Gasteiger partial charge in [-0.05, 0) is 48.1 Å². The van der Waals surface area contributed by atoms with Crippen molar-refractivity contribution in [1.82, 2.24) is 4.40 Å². The third-order valence-corrected chi connectivity index (χ3v) is 5.08. The van der Waals surface area contributed by atoms with E-state index >= 15 is 0 Å². The molecule has 0 unspecified atom stereocenters. The summed E-state index contributed by atoms with van der Waals surface area (Å²) in [5, 5.41) is 4.21. The second-order valence-electron chi connectivity index (χ2n) is 7.45. The fourth-order valence-corrected chi connectivity index (χ4v) is 3.84. The first-order chi connectivity index (χ1) is 10.4. The van der Waals surface area contributed by atoms with E-state index in [1.807, 2.05) is 0 Å². The zero-order valence-electron chi connectivity index (χ0n) is 14.1. The van der Waals surface area contributed by atoms with Gasteiger partial charge in [-0.2, -0.15) is 0 Å². The van der Waals surface area contributed by atoms with Crippen molar-refractivity contribution in [3.8, 4) is 0 Å². The van der Waals surface area contributed by atoms with E-state index in [0.717, 1.165) is 6.42 Å². The number of aryl methyl sites for hydroxylation is 2. The van der Waals surface area contributed by atoms with Gasteiger partial charge in [-0.15, -0.1) is 0 Å². The molecule has 1 nitrogen and oxygen atoms in total. The predicted octanol–water partition coefficient (Wildman–Crippen LogP) is 5.85. The van der Waals surface area contributed by atoms with Crippen molar-refractivity contribution in [3.63, 3.8) is 0 Å². The van der Waals surface area contributed by atoms with E-state index in [1.54, 1.807) is 0 Å². The highest BCUT2D eigenvalue weighted by molar-refractivity contribution is 6.16. The molecule has 112 valence electrons. The van der Waals surface area contributed by atoms with Gasteiger partial charge in [0.2, 0.25) is 0 Å². The maximum absolute atomic E-state index is 2.49. The quantitative estimate of drug-likeness (QED) is 0.414. The Morgan fingerprint density at radius 3 is 2.32 bits per heavy atom. The summed E-state index contributed by atoms with van der Waals surface area (Å²) in [5.74, 6) is 0. The Balaban J connectivity index is 2.33. The molecule has 0 amide bonds. The molecule has 0 spiro atoms. The van der Waals surface area contributed by atoms with Gasteiger partial charge in [0, 0.05) is 21.9 Å². The van der Waals surface area contributed by atoms with Crippen LogP contribution in [0.25, 0.3) is 27.2 Å². The molecule has 2 aromatic carbocycles. The van der Waals surface area contributed by atoms with Gasteiger partial charge >= 0.3 is 0 Å². The molecule has 2 aromatic heterocycles. The van der Waals surface area contributed by atoms with Crippen LogP contribution in [0.4, 0.5) is 0 Å². The number of para-hydroxylation sites is 1.